The summed E-state index contributed by atoms with van der Waals surface area (Å²) in [6, 6.07) is 4.29. The molecule has 104 valence electrons. The van der Waals surface area contributed by atoms with E-state index in [1.807, 2.05) is 31.5 Å². The molecule has 0 radical (unpaired) electrons. The number of thiophene rings is 1. The SMILES string of the molecule is CC(CNCC(F)(F)F)N(C)C(C)c1cccs1. The summed E-state index contributed by atoms with van der Waals surface area (Å²) in [5, 5.41) is 4.45. The van der Waals surface area contributed by atoms with E-state index in [0.717, 1.165) is 0 Å². The van der Waals surface area contributed by atoms with Crippen molar-refractivity contribution in [2.75, 3.05) is 20.1 Å². The zero-order chi connectivity index (χ0) is 13.8. The molecule has 0 amide bonds. The number of nitrogens with one attached hydrogen (secondary N) is 1. The van der Waals surface area contributed by atoms with Crippen LogP contribution in [-0.2, 0) is 0 Å². The second-order valence-corrected chi connectivity index (χ2v) is 5.43. The maximum atomic E-state index is 12.0. The molecule has 18 heavy (non-hydrogen) atoms. The van der Waals surface area contributed by atoms with Gasteiger partial charge in [0.15, 0.2) is 0 Å². The maximum Gasteiger partial charge on any atom is 0.401 e. The molecule has 1 rings (SSSR count). The van der Waals surface area contributed by atoms with Gasteiger partial charge in [-0.05, 0) is 32.3 Å². The molecular formula is C12H19F3N2S. The largest absolute Gasteiger partial charge is 0.401 e. The third-order valence-corrected chi connectivity index (χ3v) is 4.07. The molecule has 6 heteroatoms. The van der Waals surface area contributed by atoms with Crippen LogP contribution in [0.25, 0.3) is 0 Å². The summed E-state index contributed by atoms with van der Waals surface area (Å²) in [6.45, 7) is 3.38. The molecule has 0 spiro atoms. The first-order chi connectivity index (χ1) is 8.31. The first-order valence-electron chi connectivity index (χ1n) is 5.84. The zero-order valence-corrected chi connectivity index (χ0v) is 11.6. The third kappa shape index (κ3) is 4.96. The molecule has 1 aromatic rings. The molecule has 2 nitrogen and oxygen atoms in total. The summed E-state index contributed by atoms with van der Waals surface area (Å²) in [6.07, 6.45) is -4.14. The van der Waals surface area contributed by atoms with E-state index in [0.29, 0.717) is 6.54 Å². The summed E-state index contributed by atoms with van der Waals surface area (Å²) in [4.78, 5) is 3.30. The van der Waals surface area contributed by atoms with Crippen LogP contribution in [0.4, 0.5) is 13.2 Å². The molecule has 0 saturated heterocycles. The Bertz CT molecular complexity index is 338. The molecule has 0 aliphatic carbocycles. The molecule has 1 N–H and O–H groups in total. The van der Waals surface area contributed by atoms with E-state index < -0.39 is 12.7 Å². The summed E-state index contributed by atoms with van der Waals surface area (Å²) in [5.41, 5.74) is 0. The Morgan fingerprint density at radius 1 is 1.39 bits per heavy atom. The number of hydrogen-bond donors (Lipinski definition) is 1. The van der Waals surface area contributed by atoms with Crippen molar-refractivity contribution in [3.05, 3.63) is 22.4 Å². The van der Waals surface area contributed by atoms with Crippen molar-refractivity contribution in [2.24, 2.45) is 0 Å². The lowest BCUT2D eigenvalue weighted by Gasteiger charge is -2.30. The van der Waals surface area contributed by atoms with Crippen molar-refractivity contribution in [1.82, 2.24) is 10.2 Å². The average Bonchev–Trinajstić information content (AvgIpc) is 2.78. The van der Waals surface area contributed by atoms with Crippen LogP contribution in [0.15, 0.2) is 17.5 Å². The minimum absolute atomic E-state index is 0.0458. The Balaban J connectivity index is 2.39. The molecule has 0 aliphatic heterocycles. The second kappa shape index (κ2) is 6.54. The quantitative estimate of drug-likeness (QED) is 0.860. The summed E-state index contributed by atoms with van der Waals surface area (Å²) >= 11 is 1.66. The fraction of sp³-hybridized carbons (Fsp3) is 0.667. The van der Waals surface area contributed by atoms with Gasteiger partial charge in [0.25, 0.3) is 0 Å². The fourth-order valence-electron chi connectivity index (χ4n) is 1.68. The predicted molar refractivity (Wildman–Crippen MR) is 68.9 cm³/mol. The van der Waals surface area contributed by atoms with Crippen LogP contribution in [0.2, 0.25) is 0 Å². The molecule has 0 bridgehead atoms. The third-order valence-electron chi connectivity index (χ3n) is 3.03. The lowest BCUT2D eigenvalue weighted by molar-refractivity contribution is -0.125. The molecule has 0 saturated carbocycles. The summed E-state index contributed by atoms with van der Waals surface area (Å²) in [7, 11) is 1.93. The Morgan fingerprint density at radius 3 is 2.56 bits per heavy atom. The van der Waals surface area contributed by atoms with E-state index in [2.05, 4.69) is 17.1 Å². The van der Waals surface area contributed by atoms with Crippen molar-refractivity contribution < 1.29 is 13.2 Å². The molecule has 1 aromatic heterocycles. The molecule has 2 unspecified atom stereocenters. The summed E-state index contributed by atoms with van der Waals surface area (Å²) < 4.78 is 36.0. The van der Waals surface area contributed by atoms with Gasteiger partial charge < -0.3 is 5.32 Å². The van der Waals surface area contributed by atoms with Crippen LogP contribution in [0, 0.1) is 0 Å². The molecular weight excluding hydrogens is 261 g/mol. The van der Waals surface area contributed by atoms with Crippen LogP contribution in [0.3, 0.4) is 0 Å². The van der Waals surface area contributed by atoms with Crippen molar-refractivity contribution in [2.45, 2.75) is 32.1 Å². The molecule has 0 fully saturated rings. The topological polar surface area (TPSA) is 15.3 Å². The number of rotatable bonds is 6. The van der Waals surface area contributed by atoms with Crippen LogP contribution in [0.1, 0.15) is 24.8 Å². The number of alkyl halides is 3. The number of likely N-dealkylation sites (N-methyl/N-ethyl adjacent to an activating group) is 1. The minimum atomic E-state index is -4.14. The van der Waals surface area contributed by atoms with Gasteiger partial charge in [0.2, 0.25) is 0 Å². The Hall–Kier alpha value is -0.590. The zero-order valence-electron chi connectivity index (χ0n) is 10.8. The Kier molecular flexibility index (Phi) is 5.62. The average molecular weight is 280 g/mol. The van der Waals surface area contributed by atoms with Gasteiger partial charge in [0, 0.05) is 23.5 Å². The first kappa shape index (κ1) is 15.5. The highest BCUT2D eigenvalue weighted by atomic mass is 32.1. The molecule has 2 atom stereocenters. The number of halogens is 3. The first-order valence-corrected chi connectivity index (χ1v) is 6.72. The van der Waals surface area contributed by atoms with Crippen molar-refractivity contribution in [3.8, 4) is 0 Å². The highest BCUT2D eigenvalue weighted by Crippen LogP contribution is 2.24. The van der Waals surface area contributed by atoms with E-state index in [9.17, 15) is 13.2 Å². The fourth-order valence-corrected chi connectivity index (χ4v) is 2.51. The van der Waals surface area contributed by atoms with Crippen molar-refractivity contribution in [1.29, 1.82) is 0 Å². The van der Waals surface area contributed by atoms with Crippen LogP contribution < -0.4 is 5.32 Å². The van der Waals surface area contributed by atoms with E-state index in [1.165, 1.54) is 4.88 Å². The van der Waals surface area contributed by atoms with Gasteiger partial charge in [0.1, 0.15) is 0 Å². The number of nitrogens with zero attached hydrogens (tertiary/aromatic N) is 1. The van der Waals surface area contributed by atoms with E-state index >= 15 is 0 Å². The predicted octanol–water partition coefficient (Wildman–Crippen LogP) is 3.28. The van der Waals surface area contributed by atoms with Gasteiger partial charge in [0.05, 0.1) is 6.54 Å². The van der Waals surface area contributed by atoms with E-state index in [-0.39, 0.29) is 12.1 Å². The monoisotopic (exact) mass is 280 g/mol. The van der Waals surface area contributed by atoms with Gasteiger partial charge in [-0.3, -0.25) is 4.90 Å². The molecule has 0 aliphatic rings. The Morgan fingerprint density at radius 2 is 2.06 bits per heavy atom. The second-order valence-electron chi connectivity index (χ2n) is 4.45. The van der Waals surface area contributed by atoms with Crippen LogP contribution >= 0.6 is 11.3 Å². The normalized spacial score (nSPS) is 15.9. The lowest BCUT2D eigenvalue weighted by Crippen LogP contribution is -2.41. The molecule has 0 aromatic carbocycles. The Labute approximate surface area is 110 Å². The van der Waals surface area contributed by atoms with Gasteiger partial charge in [-0.15, -0.1) is 11.3 Å². The summed E-state index contributed by atoms with van der Waals surface area (Å²) in [5.74, 6) is 0. The van der Waals surface area contributed by atoms with Gasteiger partial charge >= 0.3 is 6.18 Å². The smallest absolute Gasteiger partial charge is 0.307 e. The van der Waals surface area contributed by atoms with Crippen molar-refractivity contribution >= 4 is 11.3 Å². The number of hydrogen-bond acceptors (Lipinski definition) is 3. The lowest BCUT2D eigenvalue weighted by atomic mass is 10.2. The van der Waals surface area contributed by atoms with E-state index in [1.54, 1.807) is 11.3 Å². The van der Waals surface area contributed by atoms with Gasteiger partial charge in [-0.25, -0.2) is 0 Å². The maximum absolute atomic E-state index is 12.0. The van der Waals surface area contributed by atoms with Gasteiger partial charge in [-0.2, -0.15) is 13.2 Å². The van der Waals surface area contributed by atoms with Gasteiger partial charge in [-0.1, -0.05) is 6.07 Å². The minimum Gasteiger partial charge on any atom is -0.307 e. The van der Waals surface area contributed by atoms with Crippen molar-refractivity contribution in [3.63, 3.8) is 0 Å². The highest BCUT2D eigenvalue weighted by Gasteiger charge is 2.27. The molecule has 1 heterocycles. The standard InChI is InChI=1S/C12H19F3N2S/c1-9(7-16-8-12(13,14)15)17(3)10(2)11-5-4-6-18-11/h4-6,9-10,16H,7-8H2,1-3H3. The van der Waals surface area contributed by atoms with E-state index in [4.69, 9.17) is 0 Å². The van der Waals surface area contributed by atoms with Crippen LogP contribution in [0.5, 0.6) is 0 Å². The van der Waals surface area contributed by atoms with Crippen LogP contribution in [-0.4, -0.2) is 37.3 Å². The highest BCUT2D eigenvalue weighted by molar-refractivity contribution is 7.10.